The van der Waals surface area contributed by atoms with Crippen LogP contribution in [0.5, 0.6) is 0 Å². The summed E-state index contributed by atoms with van der Waals surface area (Å²) in [5, 5.41) is 8.60. The van der Waals surface area contributed by atoms with Gasteiger partial charge in [-0.25, -0.2) is 0 Å². The van der Waals surface area contributed by atoms with Crippen LogP contribution in [-0.2, 0) is 9.53 Å². The van der Waals surface area contributed by atoms with Gasteiger partial charge in [0.15, 0.2) is 0 Å². The average molecular weight is 168 g/mol. The van der Waals surface area contributed by atoms with Crippen LogP contribution >= 0.6 is 0 Å². The topological polar surface area (TPSA) is 46.5 Å². The first-order chi connectivity index (χ1) is 5.74. The van der Waals surface area contributed by atoms with Gasteiger partial charge < -0.3 is 9.84 Å². The molecule has 1 saturated heterocycles. The molecule has 0 aromatic carbocycles. The van der Waals surface area contributed by atoms with Crippen molar-refractivity contribution in [3.8, 4) is 0 Å². The molecule has 0 radical (unpaired) electrons. The lowest BCUT2D eigenvalue weighted by atomic mass is 9.92. The predicted molar refractivity (Wildman–Crippen MR) is 42.8 cm³/mol. The maximum atomic E-state index is 10.4. The average Bonchev–Trinajstić information content (AvgIpc) is 2.29. The summed E-state index contributed by atoms with van der Waals surface area (Å²) < 4.78 is 5.51. The Kier molecular flexibility index (Phi) is 1.89. The lowest BCUT2D eigenvalue weighted by Gasteiger charge is -2.27. The van der Waals surface area contributed by atoms with Crippen molar-refractivity contribution in [2.24, 2.45) is 5.92 Å². The summed E-state index contributed by atoms with van der Waals surface area (Å²) in [5.74, 6) is -0.387. The quantitative estimate of drug-likeness (QED) is 0.630. The number of ether oxygens (including phenoxy) is 1. The van der Waals surface area contributed by atoms with E-state index in [1.54, 1.807) is 0 Å². The maximum Gasteiger partial charge on any atom is 0.303 e. The molecule has 2 bridgehead atoms. The third kappa shape index (κ3) is 1.50. The van der Waals surface area contributed by atoms with Crippen molar-refractivity contribution in [3.63, 3.8) is 0 Å². The van der Waals surface area contributed by atoms with Crippen molar-refractivity contribution in [2.75, 3.05) is 0 Å². The van der Waals surface area contributed by atoms with E-state index in [0.717, 1.165) is 12.8 Å². The van der Waals surface area contributed by atoms with Gasteiger partial charge >= 0.3 is 5.97 Å². The van der Waals surface area contributed by atoms with E-state index >= 15 is 0 Å². The number of hydrogen-bond acceptors (Lipinski definition) is 2. The molecule has 3 nitrogen and oxygen atoms in total. The van der Waals surface area contributed by atoms with Gasteiger partial charge in [0, 0.05) is 6.42 Å². The van der Waals surface area contributed by atoms with E-state index in [9.17, 15) is 4.79 Å². The van der Waals surface area contributed by atoms with Gasteiger partial charge in [-0.1, -0.05) is 12.2 Å². The van der Waals surface area contributed by atoms with Gasteiger partial charge in [0.05, 0.1) is 12.2 Å². The molecular weight excluding hydrogens is 156 g/mol. The van der Waals surface area contributed by atoms with Gasteiger partial charge in [0.1, 0.15) is 0 Å². The number of carboxylic acid groups (broad SMARTS) is 1. The van der Waals surface area contributed by atoms with Crippen molar-refractivity contribution < 1.29 is 14.6 Å². The zero-order valence-corrected chi connectivity index (χ0v) is 6.77. The molecule has 0 amide bonds. The van der Waals surface area contributed by atoms with E-state index in [0.29, 0.717) is 5.92 Å². The summed E-state index contributed by atoms with van der Waals surface area (Å²) in [5.41, 5.74) is 0. The molecule has 2 unspecified atom stereocenters. The number of hydrogen-bond donors (Lipinski definition) is 1. The fraction of sp³-hybridized carbons (Fsp3) is 0.667. The first kappa shape index (κ1) is 7.80. The number of carbonyl (C=O) groups is 1. The van der Waals surface area contributed by atoms with Gasteiger partial charge in [0.25, 0.3) is 0 Å². The third-order valence-electron chi connectivity index (χ3n) is 2.48. The standard InChI is InChI=1S/C9H12O3/c10-9(11)5-6-3-7-1-2-8(4-6)12-7/h1-2,6-8H,3-5H2,(H,10,11). The summed E-state index contributed by atoms with van der Waals surface area (Å²) in [6.07, 6.45) is 6.51. The number of carboxylic acids is 1. The molecule has 66 valence electrons. The van der Waals surface area contributed by atoms with Crippen LogP contribution in [0.1, 0.15) is 19.3 Å². The molecule has 2 atom stereocenters. The van der Waals surface area contributed by atoms with Crippen LogP contribution in [0.15, 0.2) is 12.2 Å². The zero-order chi connectivity index (χ0) is 8.55. The summed E-state index contributed by atoms with van der Waals surface area (Å²) in [6, 6.07) is 0. The second-order valence-electron chi connectivity index (χ2n) is 3.53. The molecule has 1 fully saturated rings. The first-order valence-corrected chi connectivity index (χ1v) is 4.29. The second-order valence-corrected chi connectivity index (χ2v) is 3.53. The smallest absolute Gasteiger partial charge is 0.303 e. The van der Waals surface area contributed by atoms with E-state index in [1.165, 1.54) is 0 Å². The lowest BCUT2D eigenvalue weighted by Crippen LogP contribution is -2.27. The molecule has 0 aliphatic carbocycles. The highest BCUT2D eigenvalue weighted by Crippen LogP contribution is 2.32. The van der Waals surface area contributed by atoms with Crippen molar-refractivity contribution in [3.05, 3.63) is 12.2 Å². The molecule has 3 heteroatoms. The van der Waals surface area contributed by atoms with Gasteiger partial charge in [-0.15, -0.1) is 0 Å². The minimum atomic E-state index is -0.693. The fourth-order valence-electron chi connectivity index (χ4n) is 2.00. The Morgan fingerprint density at radius 1 is 1.42 bits per heavy atom. The van der Waals surface area contributed by atoms with Crippen molar-refractivity contribution in [2.45, 2.75) is 31.5 Å². The van der Waals surface area contributed by atoms with Crippen LogP contribution in [0, 0.1) is 5.92 Å². The van der Waals surface area contributed by atoms with E-state index in [1.807, 2.05) is 12.2 Å². The third-order valence-corrected chi connectivity index (χ3v) is 2.48. The van der Waals surface area contributed by atoms with Crippen LogP contribution in [0.3, 0.4) is 0 Å². The van der Waals surface area contributed by atoms with Crippen LogP contribution in [0.25, 0.3) is 0 Å². The molecule has 0 saturated carbocycles. The van der Waals surface area contributed by atoms with E-state index in [-0.39, 0.29) is 18.6 Å². The minimum Gasteiger partial charge on any atom is -0.481 e. The molecule has 0 spiro atoms. The zero-order valence-electron chi connectivity index (χ0n) is 6.77. The molecule has 2 aliphatic rings. The fourth-order valence-corrected chi connectivity index (χ4v) is 2.00. The van der Waals surface area contributed by atoms with Crippen LogP contribution in [0.2, 0.25) is 0 Å². The summed E-state index contributed by atoms with van der Waals surface area (Å²) in [4.78, 5) is 10.4. The summed E-state index contributed by atoms with van der Waals surface area (Å²) in [7, 11) is 0. The van der Waals surface area contributed by atoms with Gasteiger partial charge in [0.2, 0.25) is 0 Å². The van der Waals surface area contributed by atoms with E-state index in [2.05, 4.69) is 0 Å². The molecule has 2 heterocycles. The second kappa shape index (κ2) is 2.90. The Balaban J connectivity index is 1.92. The summed E-state index contributed by atoms with van der Waals surface area (Å²) >= 11 is 0. The Morgan fingerprint density at radius 3 is 2.50 bits per heavy atom. The number of aliphatic carboxylic acids is 1. The monoisotopic (exact) mass is 168 g/mol. The molecule has 12 heavy (non-hydrogen) atoms. The highest BCUT2D eigenvalue weighted by molar-refractivity contribution is 5.67. The molecule has 1 N–H and O–H groups in total. The Morgan fingerprint density at radius 2 is 2.00 bits per heavy atom. The van der Waals surface area contributed by atoms with Crippen LogP contribution in [-0.4, -0.2) is 23.3 Å². The Bertz CT molecular complexity index is 208. The van der Waals surface area contributed by atoms with Crippen molar-refractivity contribution >= 4 is 5.97 Å². The van der Waals surface area contributed by atoms with Gasteiger partial charge in [-0.2, -0.15) is 0 Å². The first-order valence-electron chi connectivity index (χ1n) is 4.29. The molecule has 0 aromatic rings. The largest absolute Gasteiger partial charge is 0.481 e. The van der Waals surface area contributed by atoms with E-state index in [4.69, 9.17) is 9.84 Å². The van der Waals surface area contributed by atoms with E-state index < -0.39 is 5.97 Å². The highest BCUT2D eigenvalue weighted by Gasteiger charge is 2.31. The van der Waals surface area contributed by atoms with Crippen LogP contribution in [0.4, 0.5) is 0 Å². The highest BCUT2D eigenvalue weighted by atomic mass is 16.5. The number of fused-ring (bicyclic) bond motifs is 2. The van der Waals surface area contributed by atoms with Crippen LogP contribution < -0.4 is 0 Å². The minimum absolute atomic E-state index is 0.188. The SMILES string of the molecule is O=C(O)CC1CC2C=CC(C1)O2. The molecule has 0 aromatic heterocycles. The van der Waals surface area contributed by atoms with Crippen molar-refractivity contribution in [1.82, 2.24) is 0 Å². The molecule has 2 aliphatic heterocycles. The Hall–Kier alpha value is -0.830. The molecule has 2 rings (SSSR count). The number of rotatable bonds is 2. The molecular formula is C9H12O3. The predicted octanol–water partition coefficient (Wildman–Crippen LogP) is 1.19. The van der Waals surface area contributed by atoms with Crippen molar-refractivity contribution in [1.29, 1.82) is 0 Å². The maximum absolute atomic E-state index is 10.4. The normalized spacial score (nSPS) is 38.5. The summed E-state index contributed by atoms with van der Waals surface area (Å²) in [6.45, 7) is 0. The van der Waals surface area contributed by atoms with Gasteiger partial charge in [-0.05, 0) is 18.8 Å². The van der Waals surface area contributed by atoms with Gasteiger partial charge in [-0.3, -0.25) is 4.79 Å². The Labute approximate surface area is 71.0 Å². The lowest BCUT2D eigenvalue weighted by molar-refractivity contribution is -0.139.